The van der Waals surface area contributed by atoms with E-state index in [4.69, 9.17) is 0 Å². The lowest BCUT2D eigenvalue weighted by Gasteiger charge is -2.50. The van der Waals surface area contributed by atoms with Crippen LogP contribution in [0.2, 0.25) is 0 Å². The summed E-state index contributed by atoms with van der Waals surface area (Å²) in [6, 6.07) is 16.7. The summed E-state index contributed by atoms with van der Waals surface area (Å²) >= 11 is 0. The molecule has 1 fully saturated rings. The van der Waals surface area contributed by atoms with Crippen molar-refractivity contribution >= 4 is 28.9 Å². The van der Waals surface area contributed by atoms with E-state index in [1.54, 1.807) is 13.8 Å². The van der Waals surface area contributed by atoms with Crippen LogP contribution >= 0.6 is 0 Å². The number of rotatable bonds is 4. The molecular formula is C34H43N3O2. The van der Waals surface area contributed by atoms with Gasteiger partial charge in [-0.1, -0.05) is 68.3 Å². The van der Waals surface area contributed by atoms with E-state index >= 15 is 0 Å². The summed E-state index contributed by atoms with van der Waals surface area (Å²) in [6.07, 6.45) is -0.751. The second-order valence-corrected chi connectivity index (χ2v) is 12.8. The van der Waals surface area contributed by atoms with Crippen LogP contribution in [0.3, 0.4) is 0 Å². The number of nitrogens with zero attached hydrogens (tertiary/aromatic N) is 2. The van der Waals surface area contributed by atoms with Crippen molar-refractivity contribution in [3.63, 3.8) is 0 Å². The van der Waals surface area contributed by atoms with Crippen LogP contribution in [0.5, 0.6) is 0 Å². The lowest BCUT2D eigenvalue weighted by Crippen LogP contribution is -2.69. The standard InChI is InChI=1S/C34H43N3O2/c1-20-16-22(3)28(23(4)17-20)36-30(38)34(10,11)31(39)37(29-24(5)18-21(2)19-25(29)6)32(36)35-27-14-12-26(13-15-27)33(7,8)9/h12-19,32,35H,1-11H3. The predicted molar refractivity (Wildman–Crippen MR) is 163 cm³/mol. The fraction of sp³-hybridized carbons (Fsp3) is 0.412. The molecule has 0 spiro atoms. The Hall–Kier alpha value is -3.60. The minimum atomic E-state index is -1.25. The minimum Gasteiger partial charge on any atom is -0.347 e. The average Bonchev–Trinajstić information content (AvgIpc) is 2.80. The van der Waals surface area contributed by atoms with Crippen LogP contribution in [-0.4, -0.2) is 18.1 Å². The minimum absolute atomic E-state index is 0.0175. The summed E-state index contributed by atoms with van der Waals surface area (Å²) in [5.41, 5.74) is 8.77. The molecule has 0 aromatic heterocycles. The van der Waals surface area contributed by atoms with Crippen molar-refractivity contribution in [2.24, 2.45) is 5.41 Å². The molecule has 0 unspecified atom stereocenters. The zero-order valence-electron chi connectivity index (χ0n) is 25.4. The normalized spacial score (nSPS) is 16.2. The smallest absolute Gasteiger partial charge is 0.245 e. The highest BCUT2D eigenvalue weighted by Gasteiger charge is 2.53. The molecule has 3 aromatic rings. The molecule has 0 saturated carbocycles. The summed E-state index contributed by atoms with van der Waals surface area (Å²) in [5.74, 6) is -0.435. The molecule has 5 nitrogen and oxygen atoms in total. The first-order chi connectivity index (χ1) is 18.0. The van der Waals surface area contributed by atoms with Gasteiger partial charge in [-0.15, -0.1) is 0 Å². The number of aryl methyl sites for hydroxylation is 6. The molecule has 2 amide bonds. The second-order valence-electron chi connectivity index (χ2n) is 12.8. The van der Waals surface area contributed by atoms with Gasteiger partial charge in [0, 0.05) is 5.69 Å². The Balaban J connectivity index is 1.98. The van der Waals surface area contributed by atoms with Gasteiger partial charge in [0.1, 0.15) is 5.41 Å². The van der Waals surface area contributed by atoms with E-state index < -0.39 is 11.7 Å². The fourth-order valence-electron chi connectivity index (χ4n) is 5.93. The van der Waals surface area contributed by atoms with Gasteiger partial charge < -0.3 is 5.32 Å². The van der Waals surface area contributed by atoms with Crippen molar-refractivity contribution < 1.29 is 9.59 Å². The van der Waals surface area contributed by atoms with Crippen LogP contribution in [0.15, 0.2) is 48.5 Å². The molecule has 0 atom stereocenters. The number of hydrogen-bond acceptors (Lipinski definition) is 3. The molecular weight excluding hydrogens is 482 g/mol. The maximum absolute atomic E-state index is 14.3. The maximum Gasteiger partial charge on any atom is 0.245 e. The molecule has 0 aliphatic carbocycles. The third-order valence-electron chi connectivity index (χ3n) is 7.80. The number of carbonyl (C=O) groups excluding carboxylic acids is 2. The lowest BCUT2D eigenvalue weighted by molar-refractivity contribution is -0.141. The van der Waals surface area contributed by atoms with Gasteiger partial charge in [-0.3, -0.25) is 19.4 Å². The third kappa shape index (κ3) is 5.07. The van der Waals surface area contributed by atoms with E-state index in [0.29, 0.717) is 0 Å². The van der Waals surface area contributed by atoms with Crippen LogP contribution in [-0.2, 0) is 15.0 Å². The van der Waals surface area contributed by atoms with Gasteiger partial charge in [0.15, 0.2) is 6.29 Å². The molecule has 4 rings (SSSR count). The number of anilines is 3. The van der Waals surface area contributed by atoms with Gasteiger partial charge in [-0.05, 0) is 101 Å². The predicted octanol–water partition coefficient (Wildman–Crippen LogP) is 7.64. The molecule has 1 N–H and O–H groups in total. The third-order valence-corrected chi connectivity index (χ3v) is 7.80. The van der Waals surface area contributed by atoms with Gasteiger partial charge in [0.2, 0.25) is 11.8 Å². The van der Waals surface area contributed by atoms with Crippen molar-refractivity contribution in [2.75, 3.05) is 15.1 Å². The Bertz CT molecular complexity index is 1320. The number of carbonyl (C=O) groups is 2. The van der Waals surface area contributed by atoms with E-state index in [0.717, 1.165) is 50.4 Å². The SMILES string of the molecule is Cc1cc(C)c(N2C(=O)C(C)(C)C(=O)N(c3c(C)cc(C)cc3C)C2Nc2ccc(C(C)(C)C)cc2)c(C)c1. The molecule has 1 saturated heterocycles. The Morgan fingerprint density at radius 3 is 1.36 bits per heavy atom. The first kappa shape index (κ1) is 28.4. The van der Waals surface area contributed by atoms with Crippen LogP contribution < -0.4 is 15.1 Å². The van der Waals surface area contributed by atoms with Crippen LogP contribution in [0.25, 0.3) is 0 Å². The highest BCUT2D eigenvalue weighted by molar-refractivity contribution is 6.20. The average molecular weight is 526 g/mol. The number of hydrogen-bond donors (Lipinski definition) is 1. The molecule has 0 radical (unpaired) electrons. The fourth-order valence-corrected chi connectivity index (χ4v) is 5.93. The summed E-state index contributed by atoms with van der Waals surface area (Å²) < 4.78 is 0. The van der Waals surface area contributed by atoms with Crippen LogP contribution in [0.4, 0.5) is 17.1 Å². The Kier molecular flexibility index (Phi) is 7.18. The quantitative estimate of drug-likeness (QED) is 0.356. The monoisotopic (exact) mass is 525 g/mol. The van der Waals surface area contributed by atoms with E-state index in [1.807, 2.05) is 49.6 Å². The molecule has 39 heavy (non-hydrogen) atoms. The highest BCUT2D eigenvalue weighted by atomic mass is 16.2. The molecule has 1 aliphatic rings. The van der Waals surface area contributed by atoms with Gasteiger partial charge in [-0.25, -0.2) is 0 Å². The van der Waals surface area contributed by atoms with E-state index in [2.05, 4.69) is 76.3 Å². The first-order valence-corrected chi connectivity index (χ1v) is 13.7. The summed E-state index contributed by atoms with van der Waals surface area (Å²) in [4.78, 5) is 32.2. The largest absolute Gasteiger partial charge is 0.347 e. The molecule has 5 heteroatoms. The zero-order chi connectivity index (χ0) is 29.0. The highest BCUT2D eigenvalue weighted by Crippen LogP contribution is 2.42. The Morgan fingerprint density at radius 1 is 0.667 bits per heavy atom. The molecule has 3 aromatic carbocycles. The van der Waals surface area contributed by atoms with Crippen molar-refractivity contribution in [1.82, 2.24) is 0 Å². The van der Waals surface area contributed by atoms with E-state index in [1.165, 1.54) is 5.56 Å². The summed E-state index contributed by atoms with van der Waals surface area (Å²) in [5, 5.41) is 3.60. The Labute approximate surface area is 234 Å². The summed E-state index contributed by atoms with van der Waals surface area (Å²) in [6.45, 7) is 22.3. The molecule has 206 valence electrons. The molecule has 0 bridgehead atoms. The van der Waals surface area contributed by atoms with Crippen molar-refractivity contribution in [3.05, 3.63) is 87.5 Å². The second kappa shape index (κ2) is 9.86. The van der Waals surface area contributed by atoms with Crippen molar-refractivity contribution in [2.45, 2.75) is 87.9 Å². The van der Waals surface area contributed by atoms with Gasteiger partial charge >= 0.3 is 0 Å². The van der Waals surface area contributed by atoms with Gasteiger partial charge in [0.25, 0.3) is 0 Å². The zero-order valence-corrected chi connectivity index (χ0v) is 25.4. The Morgan fingerprint density at radius 2 is 1.03 bits per heavy atom. The first-order valence-electron chi connectivity index (χ1n) is 13.7. The number of benzene rings is 3. The van der Waals surface area contributed by atoms with Crippen LogP contribution in [0.1, 0.15) is 73.6 Å². The molecule has 1 aliphatic heterocycles. The topological polar surface area (TPSA) is 52.7 Å². The van der Waals surface area contributed by atoms with E-state index in [-0.39, 0.29) is 17.2 Å². The van der Waals surface area contributed by atoms with Crippen LogP contribution in [0, 0.1) is 47.0 Å². The lowest BCUT2D eigenvalue weighted by atomic mass is 9.85. The number of amides is 2. The van der Waals surface area contributed by atoms with E-state index in [9.17, 15) is 9.59 Å². The summed E-state index contributed by atoms with van der Waals surface area (Å²) in [7, 11) is 0. The van der Waals surface area contributed by atoms with Gasteiger partial charge in [0.05, 0.1) is 11.4 Å². The number of nitrogens with one attached hydrogen (secondary N) is 1. The van der Waals surface area contributed by atoms with Crippen molar-refractivity contribution in [1.29, 1.82) is 0 Å². The van der Waals surface area contributed by atoms with Gasteiger partial charge in [-0.2, -0.15) is 0 Å². The maximum atomic E-state index is 14.3. The van der Waals surface area contributed by atoms with Crippen molar-refractivity contribution in [3.8, 4) is 0 Å². The molecule has 1 heterocycles.